The third-order valence-corrected chi connectivity index (χ3v) is 8.52. The maximum absolute atomic E-state index is 13.0. The van der Waals surface area contributed by atoms with Crippen molar-refractivity contribution in [2.24, 2.45) is 5.92 Å². The van der Waals surface area contributed by atoms with Gasteiger partial charge in [-0.2, -0.15) is 4.31 Å². The molecule has 0 bridgehead atoms. The lowest BCUT2D eigenvalue weighted by molar-refractivity contribution is -0.120. The van der Waals surface area contributed by atoms with Crippen LogP contribution in [0.1, 0.15) is 12.8 Å². The van der Waals surface area contributed by atoms with E-state index in [1.807, 2.05) is 12.1 Å². The molecule has 1 amide bonds. The Morgan fingerprint density at radius 2 is 1.62 bits per heavy atom. The molecule has 0 spiro atoms. The smallest absolute Gasteiger partial charge is 0.244 e. The Hall–Kier alpha value is -1.75. The van der Waals surface area contributed by atoms with E-state index in [1.165, 1.54) is 28.6 Å². The number of sulfone groups is 1. The summed E-state index contributed by atoms with van der Waals surface area (Å²) < 4.78 is 52.1. The average Bonchev–Trinajstić information content (AvgIpc) is 2.67. The van der Waals surface area contributed by atoms with Gasteiger partial charge in [-0.15, -0.1) is 0 Å². The number of carbonyl (C=O) groups excluding carboxylic acids is 1. The number of carbonyl (C=O) groups is 1. The van der Waals surface area contributed by atoms with Crippen molar-refractivity contribution in [1.29, 1.82) is 0 Å². The van der Waals surface area contributed by atoms with Gasteiger partial charge in [0.2, 0.25) is 15.9 Å². The Balaban J connectivity index is 1.71. The van der Waals surface area contributed by atoms with Gasteiger partial charge in [-0.05, 0) is 43.2 Å². The number of amides is 1. The zero-order valence-electron chi connectivity index (χ0n) is 15.7. The minimum absolute atomic E-state index is 0.150. The molecule has 1 N–H and O–H groups in total. The fourth-order valence-electron chi connectivity index (χ4n) is 3.28. The second-order valence-corrected chi connectivity index (χ2v) is 11.7. The average molecular weight is 501 g/mol. The molecule has 156 valence electrons. The summed E-state index contributed by atoms with van der Waals surface area (Å²) in [5, 5.41) is 2.85. The molecule has 0 aromatic heterocycles. The van der Waals surface area contributed by atoms with Crippen LogP contribution in [0.2, 0.25) is 0 Å². The highest BCUT2D eigenvalue weighted by Crippen LogP contribution is 2.28. The van der Waals surface area contributed by atoms with Crippen molar-refractivity contribution < 1.29 is 21.6 Å². The van der Waals surface area contributed by atoms with E-state index in [2.05, 4.69) is 21.2 Å². The van der Waals surface area contributed by atoms with Crippen LogP contribution in [0.4, 0.5) is 5.69 Å². The zero-order valence-corrected chi connectivity index (χ0v) is 18.9. The Kier molecular flexibility index (Phi) is 6.47. The molecular formula is C19H21BrN2O5S2. The van der Waals surface area contributed by atoms with Gasteiger partial charge in [0, 0.05) is 35.4 Å². The van der Waals surface area contributed by atoms with Crippen LogP contribution in [0.5, 0.6) is 0 Å². The number of nitrogens with one attached hydrogen (secondary N) is 1. The van der Waals surface area contributed by atoms with Crippen LogP contribution in [0, 0.1) is 5.92 Å². The summed E-state index contributed by atoms with van der Waals surface area (Å²) >= 11 is 3.35. The topological polar surface area (TPSA) is 101 Å². The Labute approximate surface area is 179 Å². The third kappa shape index (κ3) is 5.06. The van der Waals surface area contributed by atoms with Gasteiger partial charge in [-0.25, -0.2) is 16.8 Å². The van der Waals surface area contributed by atoms with Gasteiger partial charge in [0.15, 0.2) is 9.84 Å². The van der Waals surface area contributed by atoms with Gasteiger partial charge in [-0.1, -0.05) is 34.1 Å². The van der Waals surface area contributed by atoms with Gasteiger partial charge in [0.25, 0.3) is 0 Å². The fourth-order valence-corrected chi connectivity index (χ4v) is 6.75. The number of sulfonamides is 1. The predicted molar refractivity (Wildman–Crippen MR) is 114 cm³/mol. The molecule has 1 heterocycles. The summed E-state index contributed by atoms with van der Waals surface area (Å²) in [6.07, 6.45) is 1.71. The molecule has 1 aliphatic heterocycles. The highest BCUT2D eigenvalue weighted by Gasteiger charge is 2.34. The summed E-state index contributed by atoms with van der Waals surface area (Å²) in [6.45, 7) is 0.300. The molecule has 1 aliphatic rings. The molecule has 0 unspecified atom stereocenters. The second-order valence-electron chi connectivity index (χ2n) is 6.90. The molecule has 10 heteroatoms. The lowest BCUT2D eigenvalue weighted by Gasteiger charge is -2.31. The van der Waals surface area contributed by atoms with Gasteiger partial charge in [0.05, 0.1) is 4.90 Å². The van der Waals surface area contributed by atoms with E-state index in [0.717, 1.165) is 10.7 Å². The molecule has 0 aliphatic carbocycles. The quantitative estimate of drug-likeness (QED) is 0.679. The first-order chi connectivity index (χ1) is 13.6. The lowest BCUT2D eigenvalue weighted by Crippen LogP contribution is -2.41. The van der Waals surface area contributed by atoms with E-state index in [9.17, 15) is 21.6 Å². The largest absolute Gasteiger partial charge is 0.326 e. The molecule has 2 aromatic carbocycles. The number of hydrogen-bond donors (Lipinski definition) is 1. The van der Waals surface area contributed by atoms with E-state index in [1.54, 1.807) is 12.1 Å². The van der Waals surface area contributed by atoms with Crippen LogP contribution in [0.15, 0.2) is 62.8 Å². The van der Waals surface area contributed by atoms with Gasteiger partial charge < -0.3 is 5.32 Å². The van der Waals surface area contributed by atoms with E-state index in [-0.39, 0.29) is 34.7 Å². The molecule has 0 saturated carbocycles. The van der Waals surface area contributed by atoms with Crippen molar-refractivity contribution in [3.05, 3.63) is 53.0 Å². The van der Waals surface area contributed by atoms with Crippen LogP contribution in [-0.2, 0) is 24.7 Å². The number of rotatable bonds is 5. The summed E-state index contributed by atoms with van der Waals surface area (Å²) in [5.41, 5.74) is 0.668. The van der Waals surface area contributed by atoms with E-state index >= 15 is 0 Å². The van der Waals surface area contributed by atoms with Crippen molar-refractivity contribution in [3.63, 3.8) is 0 Å². The minimum atomic E-state index is -3.97. The lowest BCUT2D eigenvalue weighted by atomic mass is 9.97. The molecular weight excluding hydrogens is 480 g/mol. The van der Waals surface area contributed by atoms with Crippen LogP contribution in [0.3, 0.4) is 0 Å². The predicted octanol–water partition coefficient (Wildman–Crippen LogP) is 2.89. The van der Waals surface area contributed by atoms with Crippen molar-refractivity contribution in [3.8, 4) is 0 Å². The molecule has 29 heavy (non-hydrogen) atoms. The Morgan fingerprint density at radius 1 is 1.00 bits per heavy atom. The standard InChI is InChI=1S/C19H21BrN2O5S2/c1-28(24,25)17-7-2-3-8-18(17)29(26,27)22-11-9-14(10-12-22)19(23)21-16-6-4-5-15(20)13-16/h2-8,13-14H,9-12H2,1H3,(H,21,23). The van der Waals surface area contributed by atoms with Crippen LogP contribution in [0.25, 0.3) is 0 Å². The normalized spacial score (nSPS) is 16.5. The van der Waals surface area contributed by atoms with E-state index < -0.39 is 19.9 Å². The maximum Gasteiger partial charge on any atom is 0.244 e. The summed E-state index contributed by atoms with van der Waals surface area (Å²) in [6, 6.07) is 12.8. The molecule has 3 rings (SSSR count). The highest BCUT2D eigenvalue weighted by atomic mass is 79.9. The van der Waals surface area contributed by atoms with Crippen LogP contribution >= 0.6 is 15.9 Å². The molecule has 7 nitrogen and oxygen atoms in total. The first-order valence-electron chi connectivity index (χ1n) is 8.95. The fraction of sp³-hybridized carbons (Fsp3) is 0.316. The van der Waals surface area contributed by atoms with Gasteiger partial charge in [-0.3, -0.25) is 4.79 Å². The van der Waals surface area contributed by atoms with Crippen LogP contribution in [-0.4, -0.2) is 46.4 Å². The Morgan fingerprint density at radius 3 is 2.21 bits per heavy atom. The summed E-state index contributed by atoms with van der Waals surface area (Å²) in [7, 11) is -7.66. The first kappa shape index (κ1) is 21.9. The SMILES string of the molecule is CS(=O)(=O)c1ccccc1S(=O)(=O)N1CCC(C(=O)Nc2cccc(Br)c2)CC1. The number of nitrogens with zero attached hydrogens (tertiary/aromatic N) is 1. The van der Waals surface area contributed by atoms with Crippen molar-refractivity contribution in [2.45, 2.75) is 22.6 Å². The van der Waals surface area contributed by atoms with Crippen molar-refractivity contribution in [2.75, 3.05) is 24.7 Å². The van der Waals surface area contributed by atoms with Crippen LogP contribution < -0.4 is 5.32 Å². The molecule has 2 aromatic rings. The zero-order chi connectivity index (χ0) is 21.2. The number of benzene rings is 2. The van der Waals surface area contributed by atoms with Crippen molar-refractivity contribution in [1.82, 2.24) is 4.31 Å². The maximum atomic E-state index is 13.0. The third-order valence-electron chi connectivity index (χ3n) is 4.78. The molecule has 0 radical (unpaired) electrons. The number of anilines is 1. The Bertz CT molecular complexity index is 1120. The number of halogens is 1. The summed E-state index contributed by atoms with van der Waals surface area (Å²) in [5.74, 6) is -0.470. The second kappa shape index (κ2) is 8.55. The highest BCUT2D eigenvalue weighted by molar-refractivity contribution is 9.10. The van der Waals surface area contributed by atoms with Gasteiger partial charge >= 0.3 is 0 Å². The first-order valence-corrected chi connectivity index (χ1v) is 13.1. The molecule has 1 fully saturated rings. The van der Waals surface area contributed by atoms with E-state index in [4.69, 9.17) is 0 Å². The van der Waals surface area contributed by atoms with E-state index in [0.29, 0.717) is 18.5 Å². The molecule has 0 atom stereocenters. The molecule has 1 saturated heterocycles. The minimum Gasteiger partial charge on any atom is -0.326 e. The number of piperidine rings is 1. The summed E-state index contributed by atoms with van der Waals surface area (Å²) in [4.78, 5) is 12.1. The van der Waals surface area contributed by atoms with Gasteiger partial charge in [0.1, 0.15) is 4.90 Å². The van der Waals surface area contributed by atoms with Crippen molar-refractivity contribution >= 4 is 47.4 Å². The number of hydrogen-bond acceptors (Lipinski definition) is 5. The monoisotopic (exact) mass is 500 g/mol.